The van der Waals surface area contributed by atoms with Gasteiger partial charge in [0.05, 0.1) is 10.5 Å². The third kappa shape index (κ3) is 2.54. The van der Waals surface area contributed by atoms with Gasteiger partial charge in [0.25, 0.3) is 0 Å². The summed E-state index contributed by atoms with van der Waals surface area (Å²) in [5, 5.41) is 13.3. The van der Waals surface area contributed by atoms with Gasteiger partial charge in [-0.1, -0.05) is 12.8 Å². The predicted octanol–water partition coefficient (Wildman–Crippen LogP) is 2.49. The lowest BCUT2D eigenvalue weighted by Gasteiger charge is -2.09. The number of tetrazole rings is 1. The van der Waals surface area contributed by atoms with Crippen molar-refractivity contribution >= 4 is 27.7 Å². The molecule has 1 aliphatic carbocycles. The van der Waals surface area contributed by atoms with Crippen molar-refractivity contribution < 1.29 is 0 Å². The summed E-state index contributed by atoms with van der Waals surface area (Å²) in [5.41, 5.74) is 0. The average Bonchev–Trinajstić information content (AvgIpc) is 3.02. The molecule has 8 heteroatoms. The Morgan fingerprint density at radius 1 is 1.22 bits per heavy atom. The lowest BCUT2D eigenvalue weighted by atomic mass is 10.3. The van der Waals surface area contributed by atoms with Gasteiger partial charge in [-0.2, -0.15) is 0 Å². The van der Waals surface area contributed by atoms with Crippen molar-refractivity contribution in [2.24, 2.45) is 0 Å². The van der Waals surface area contributed by atoms with Crippen LogP contribution in [0.1, 0.15) is 31.7 Å². The smallest absolute Gasteiger partial charge is 0.217 e. The fourth-order valence-corrected chi connectivity index (χ4v) is 3.00. The summed E-state index contributed by atoms with van der Waals surface area (Å²) in [6.07, 6.45) is 8.25. The minimum Gasteiger partial charge on any atom is -0.230 e. The molecule has 1 aliphatic rings. The largest absolute Gasteiger partial charge is 0.230 e. The molecule has 0 aliphatic heterocycles. The lowest BCUT2D eigenvalue weighted by molar-refractivity contribution is 0.423. The zero-order valence-electron chi connectivity index (χ0n) is 9.53. The van der Waals surface area contributed by atoms with Gasteiger partial charge >= 0.3 is 0 Å². The molecular weight excluding hydrogens is 316 g/mol. The van der Waals surface area contributed by atoms with Crippen molar-refractivity contribution in [3.05, 3.63) is 16.9 Å². The Labute approximate surface area is 117 Å². The fourth-order valence-electron chi connectivity index (χ4n) is 2.07. The van der Waals surface area contributed by atoms with Crippen molar-refractivity contribution in [1.29, 1.82) is 0 Å². The summed E-state index contributed by atoms with van der Waals surface area (Å²) in [7, 11) is 0. The van der Waals surface area contributed by atoms with Gasteiger partial charge in [-0.25, -0.2) is 14.6 Å². The van der Waals surface area contributed by atoms with Crippen molar-refractivity contribution in [2.45, 2.75) is 42.0 Å². The van der Waals surface area contributed by atoms with E-state index in [4.69, 9.17) is 0 Å². The molecule has 0 unspecified atom stereocenters. The van der Waals surface area contributed by atoms with Gasteiger partial charge in [-0.15, -0.1) is 5.10 Å². The molecule has 2 aromatic heterocycles. The Morgan fingerprint density at radius 2 is 1.94 bits per heavy atom. The highest BCUT2D eigenvalue weighted by Gasteiger charge is 2.22. The third-order valence-electron chi connectivity index (χ3n) is 2.91. The van der Waals surface area contributed by atoms with Crippen LogP contribution in [0.15, 0.2) is 27.2 Å². The lowest BCUT2D eigenvalue weighted by Crippen LogP contribution is -2.08. The van der Waals surface area contributed by atoms with Gasteiger partial charge < -0.3 is 0 Å². The fraction of sp³-hybridized carbons (Fsp3) is 0.500. The van der Waals surface area contributed by atoms with Gasteiger partial charge in [-0.3, -0.25) is 0 Å². The molecule has 0 amide bonds. The molecule has 2 heterocycles. The molecular formula is C10H11BrN6S. The van der Waals surface area contributed by atoms with Crippen LogP contribution in [0, 0.1) is 0 Å². The maximum absolute atomic E-state index is 4.22. The van der Waals surface area contributed by atoms with Crippen LogP contribution >= 0.6 is 27.7 Å². The molecule has 0 aromatic carbocycles. The van der Waals surface area contributed by atoms with E-state index in [1.54, 1.807) is 12.4 Å². The Hall–Kier alpha value is -1.02. The van der Waals surface area contributed by atoms with Crippen LogP contribution in [0.25, 0.3) is 0 Å². The van der Waals surface area contributed by atoms with Gasteiger partial charge in [0.15, 0.2) is 5.16 Å². The zero-order chi connectivity index (χ0) is 12.4. The maximum Gasteiger partial charge on any atom is 0.217 e. The van der Waals surface area contributed by atoms with E-state index in [0.29, 0.717) is 11.2 Å². The van der Waals surface area contributed by atoms with Crippen LogP contribution in [0.2, 0.25) is 0 Å². The van der Waals surface area contributed by atoms with E-state index in [9.17, 15) is 0 Å². The van der Waals surface area contributed by atoms with E-state index < -0.39 is 0 Å². The molecule has 6 nitrogen and oxygen atoms in total. The second kappa shape index (κ2) is 5.31. The average molecular weight is 327 g/mol. The highest BCUT2D eigenvalue weighted by Crippen LogP contribution is 2.32. The summed E-state index contributed by atoms with van der Waals surface area (Å²) in [6.45, 7) is 0. The van der Waals surface area contributed by atoms with Crippen molar-refractivity contribution in [3.63, 3.8) is 0 Å². The minimum absolute atomic E-state index is 0.429. The van der Waals surface area contributed by atoms with Crippen molar-refractivity contribution in [3.8, 4) is 0 Å². The van der Waals surface area contributed by atoms with E-state index in [1.807, 2.05) is 4.68 Å². The molecule has 0 atom stereocenters. The SMILES string of the molecule is Brc1cnc(Sc2nnnn2C2CCCC2)nc1. The van der Waals surface area contributed by atoms with Crippen LogP contribution in [-0.4, -0.2) is 30.2 Å². The molecule has 0 radical (unpaired) electrons. The van der Waals surface area contributed by atoms with Gasteiger partial charge in [-0.05, 0) is 51.0 Å². The first kappa shape index (κ1) is 12.0. The number of hydrogen-bond acceptors (Lipinski definition) is 6. The molecule has 3 rings (SSSR count). The topological polar surface area (TPSA) is 69.4 Å². The second-order valence-corrected chi connectivity index (χ2v) is 5.98. The predicted molar refractivity (Wildman–Crippen MR) is 69.2 cm³/mol. The van der Waals surface area contributed by atoms with Gasteiger partial charge in [0.1, 0.15) is 0 Å². The molecule has 1 saturated carbocycles. The molecule has 94 valence electrons. The summed E-state index contributed by atoms with van der Waals surface area (Å²) >= 11 is 4.71. The third-order valence-corrected chi connectivity index (χ3v) is 4.17. The summed E-state index contributed by atoms with van der Waals surface area (Å²) in [5.74, 6) is 0. The summed E-state index contributed by atoms with van der Waals surface area (Å²) in [4.78, 5) is 8.43. The summed E-state index contributed by atoms with van der Waals surface area (Å²) < 4.78 is 2.77. The number of rotatable bonds is 3. The zero-order valence-corrected chi connectivity index (χ0v) is 11.9. The van der Waals surface area contributed by atoms with Crippen LogP contribution in [0.3, 0.4) is 0 Å². The number of aromatic nitrogens is 6. The van der Waals surface area contributed by atoms with E-state index in [-0.39, 0.29) is 0 Å². The first-order valence-electron chi connectivity index (χ1n) is 5.76. The Bertz CT molecular complexity index is 521. The van der Waals surface area contributed by atoms with Crippen LogP contribution in [-0.2, 0) is 0 Å². The molecule has 18 heavy (non-hydrogen) atoms. The number of hydrogen-bond donors (Lipinski definition) is 0. The van der Waals surface area contributed by atoms with E-state index >= 15 is 0 Å². The van der Waals surface area contributed by atoms with Crippen molar-refractivity contribution in [1.82, 2.24) is 30.2 Å². The highest BCUT2D eigenvalue weighted by molar-refractivity contribution is 9.10. The first-order chi connectivity index (χ1) is 8.83. The standard InChI is InChI=1S/C10H11BrN6S/c11-7-5-12-9(13-6-7)18-10-14-15-16-17(10)8-3-1-2-4-8/h5-6,8H,1-4H2. The van der Waals surface area contributed by atoms with Crippen LogP contribution < -0.4 is 0 Å². The van der Waals surface area contributed by atoms with Gasteiger partial charge in [0.2, 0.25) is 5.16 Å². The maximum atomic E-state index is 4.22. The monoisotopic (exact) mass is 326 g/mol. The van der Waals surface area contributed by atoms with Gasteiger partial charge in [0, 0.05) is 12.4 Å². The highest BCUT2D eigenvalue weighted by atomic mass is 79.9. The van der Waals surface area contributed by atoms with Crippen LogP contribution in [0.4, 0.5) is 0 Å². The van der Waals surface area contributed by atoms with Crippen LogP contribution in [0.5, 0.6) is 0 Å². The van der Waals surface area contributed by atoms with E-state index in [1.165, 1.54) is 24.6 Å². The molecule has 0 saturated heterocycles. The van der Waals surface area contributed by atoms with E-state index in [2.05, 4.69) is 41.4 Å². The molecule has 0 spiro atoms. The Kier molecular flexibility index (Phi) is 3.55. The quantitative estimate of drug-likeness (QED) is 0.807. The normalized spacial score (nSPS) is 16.3. The number of halogens is 1. The molecule has 0 N–H and O–H groups in total. The number of nitrogens with zero attached hydrogens (tertiary/aromatic N) is 6. The van der Waals surface area contributed by atoms with Crippen molar-refractivity contribution in [2.75, 3.05) is 0 Å². The molecule has 2 aromatic rings. The van der Waals surface area contributed by atoms with E-state index in [0.717, 1.165) is 22.5 Å². The first-order valence-corrected chi connectivity index (χ1v) is 7.37. The Morgan fingerprint density at radius 3 is 2.67 bits per heavy atom. The molecule has 1 fully saturated rings. The second-order valence-electron chi connectivity index (χ2n) is 4.13. The Balaban J connectivity index is 1.80. The molecule has 0 bridgehead atoms. The minimum atomic E-state index is 0.429. The summed E-state index contributed by atoms with van der Waals surface area (Å²) in [6, 6.07) is 0.429.